The Balaban J connectivity index is 2.53. The second kappa shape index (κ2) is 3.87. The number of rotatable bonds is 2. The van der Waals surface area contributed by atoms with Crippen molar-refractivity contribution in [3.63, 3.8) is 0 Å². The average Bonchev–Trinajstić information content (AvgIpc) is 2.60. The Kier molecular flexibility index (Phi) is 2.56. The predicted octanol–water partition coefficient (Wildman–Crippen LogP) is 3.12. The van der Waals surface area contributed by atoms with Crippen LogP contribution in [0.3, 0.4) is 0 Å². The van der Waals surface area contributed by atoms with E-state index in [1.807, 2.05) is 12.1 Å². The standard InChI is InChI=1S/C11H8ClNO2/c1-7-11(13-10(6-14)15-7)8-3-2-4-9(12)5-8/h2-6H,1H3. The van der Waals surface area contributed by atoms with Gasteiger partial charge in [0.05, 0.1) is 0 Å². The lowest BCUT2D eigenvalue weighted by Crippen LogP contribution is -1.81. The molecule has 1 aromatic heterocycles. The highest BCUT2D eigenvalue weighted by Gasteiger charge is 2.10. The lowest BCUT2D eigenvalue weighted by atomic mass is 10.1. The van der Waals surface area contributed by atoms with Crippen molar-refractivity contribution in [3.05, 3.63) is 40.9 Å². The summed E-state index contributed by atoms with van der Waals surface area (Å²) in [5, 5.41) is 0.627. The summed E-state index contributed by atoms with van der Waals surface area (Å²) >= 11 is 5.86. The third kappa shape index (κ3) is 1.92. The highest BCUT2D eigenvalue weighted by atomic mass is 35.5. The molecule has 76 valence electrons. The molecule has 0 spiro atoms. The number of aldehydes is 1. The van der Waals surface area contributed by atoms with E-state index in [4.69, 9.17) is 16.0 Å². The molecule has 4 heteroatoms. The largest absolute Gasteiger partial charge is 0.439 e. The van der Waals surface area contributed by atoms with Crippen molar-refractivity contribution in [2.75, 3.05) is 0 Å². The number of aryl methyl sites for hydroxylation is 1. The Bertz CT molecular complexity index is 505. The molecular formula is C11H8ClNO2. The first-order valence-corrected chi connectivity index (χ1v) is 4.77. The quantitative estimate of drug-likeness (QED) is 0.732. The average molecular weight is 222 g/mol. The third-order valence-electron chi connectivity index (χ3n) is 2.01. The Morgan fingerprint density at radius 2 is 2.27 bits per heavy atom. The molecule has 0 aliphatic heterocycles. The first-order valence-electron chi connectivity index (χ1n) is 4.39. The number of carbonyl (C=O) groups is 1. The Morgan fingerprint density at radius 1 is 1.47 bits per heavy atom. The molecular weight excluding hydrogens is 214 g/mol. The molecule has 15 heavy (non-hydrogen) atoms. The fourth-order valence-corrected chi connectivity index (χ4v) is 1.56. The van der Waals surface area contributed by atoms with Crippen molar-refractivity contribution in [1.29, 1.82) is 0 Å². The van der Waals surface area contributed by atoms with E-state index in [2.05, 4.69) is 4.98 Å². The fraction of sp³-hybridized carbons (Fsp3) is 0.0909. The van der Waals surface area contributed by atoms with Crippen LogP contribution in [-0.4, -0.2) is 11.3 Å². The Labute approximate surface area is 91.7 Å². The zero-order chi connectivity index (χ0) is 10.8. The Hall–Kier alpha value is -1.61. The van der Waals surface area contributed by atoms with Crippen molar-refractivity contribution in [1.82, 2.24) is 4.98 Å². The molecule has 1 aromatic carbocycles. The highest BCUT2D eigenvalue weighted by Crippen LogP contribution is 2.25. The van der Waals surface area contributed by atoms with E-state index in [0.717, 1.165) is 5.56 Å². The monoisotopic (exact) mass is 221 g/mol. The zero-order valence-corrected chi connectivity index (χ0v) is 8.78. The van der Waals surface area contributed by atoms with Crippen molar-refractivity contribution in [2.45, 2.75) is 6.92 Å². The van der Waals surface area contributed by atoms with Gasteiger partial charge >= 0.3 is 0 Å². The van der Waals surface area contributed by atoms with Crippen LogP contribution >= 0.6 is 11.6 Å². The molecule has 2 aromatic rings. The SMILES string of the molecule is Cc1oc(C=O)nc1-c1cccc(Cl)c1. The second-order valence-corrected chi connectivity index (χ2v) is 3.52. The lowest BCUT2D eigenvalue weighted by Gasteiger charge is -1.97. The van der Waals surface area contributed by atoms with Gasteiger partial charge in [-0.2, -0.15) is 0 Å². The summed E-state index contributed by atoms with van der Waals surface area (Å²) in [5.41, 5.74) is 1.50. The van der Waals surface area contributed by atoms with Gasteiger partial charge in [0, 0.05) is 10.6 Å². The van der Waals surface area contributed by atoms with Crippen molar-refractivity contribution in [2.24, 2.45) is 0 Å². The summed E-state index contributed by atoms with van der Waals surface area (Å²) in [6, 6.07) is 7.25. The van der Waals surface area contributed by atoms with Gasteiger partial charge in [-0.05, 0) is 19.1 Å². The fourth-order valence-electron chi connectivity index (χ4n) is 1.37. The van der Waals surface area contributed by atoms with E-state index in [-0.39, 0.29) is 5.89 Å². The van der Waals surface area contributed by atoms with Gasteiger partial charge in [-0.3, -0.25) is 4.79 Å². The topological polar surface area (TPSA) is 43.1 Å². The smallest absolute Gasteiger partial charge is 0.260 e. The van der Waals surface area contributed by atoms with E-state index in [1.165, 1.54) is 0 Å². The van der Waals surface area contributed by atoms with Gasteiger partial charge in [-0.15, -0.1) is 0 Å². The normalized spacial score (nSPS) is 10.3. The van der Waals surface area contributed by atoms with Gasteiger partial charge in [-0.25, -0.2) is 4.98 Å². The molecule has 3 nitrogen and oxygen atoms in total. The molecule has 0 atom stereocenters. The van der Waals surface area contributed by atoms with Crippen LogP contribution in [0.2, 0.25) is 5.02 Å². The third-order valence-corrected chi connectivity index (χ3v) is 2.25. The highest BCUT2D eigenvalue weighted by molar-refractivity contribution is 6.30. The minimum absolute atomic E-state index is 0.0856. The number of benzene rings is 1. The molecule has 0 fully saturated rings. The summed E-state index contributed by atoms with van der Waals surface area (Å²) in [7, 11) is 0. The van der Waals surface area contributed by atoms with E-state index in [9.17, 15) is 4.79 Å². The van der Waals surface area contributed by atoms with Crippen LogP contribution in [0.15, 0.2) is 28.7 Å². The van der Waals surface area contributed by atoms with Crippen LogP contribution in [0.1, 0.15) is 16.4 Å². The number of carbonyl (C=O) groups excluding carboxylic acids is 1. The van der Waals surface area contributed by atoms with Crippen LogP contribution < -0.4 is 0 Å². The Morgan fingerprint density at radius 3 is 2.87 bits per heavy atom. The van der Waals surface area contributed by atoms with Gasteiger partial charge in [0.2, 0.25) is 6.29 Å². The van der Waals surface area contributed by atoms with Gasteiger partial charge in [-0.1, -0.05) is 23.7 Å². The molecule has 0 saturated carbocycles. The van der Waals surface area contributed by atoms with E-state index >= 15 is 0 Å². The molecule has 0 aliphatic rings. The van der Waals surface area contributed by atoms with Crippen molar-refractivity contribution < 1.29 is 9.21 Å². The first kappa shape index (κ1) is 9.93. The van der Waals surface area contributed by atoms with E-state index < -0.39 is 0 Å². The maximum absolute atomic E-state index is 10.5. The molecule has 0 amide bonds. The minimum atomic E-state index is 0.0856. The van der Waals surface area contributed by atoms with Gasteiger partial charge in [0.1, 0.15) is 11.5 Å². The molecule has 2 rings (SSSR count). The van der Waals surface area contributed by atoms with Crippen molar-refractivity contribution in [3.8, 4) is 11.3 Å². The van der Waals surface area contributed by atoms with Gasteiger partial charge < -0.3 is 4.42 Å². The summed E-state index contributed by atoms with van der Waals surface area (Å²) in [5.74, 6) is 0.696. The predicted molar refractivity (Wildman–Crippen MR) is 57.1 cm³/mol. The van der Waals surface area contributed by atoms with Crippen LogP contribution in [-0.2, 0) is 0 Å². The number of oxazole rings is 1. The van der Waals surface area contributed by atoms with Crippen LogP contribution in [0.5, 0.6) is 0 Å². The van der Waals surface area contributed by atoms with Crippen LogP contribution in [0.25, 0.3) is 11.3 Å². The molecule has 0 radical (unpaired) electrons. The number of nitrogens with zero attached hydrogens (tertiary/aromatic N) is 1. The number of halogens is 1. The van der Waals surface area contributed by atoms with Gasteiger partial charge in [0.15, 0.2) is 0 Å². The van der Waals surface area contributed by atoms with Crippen LogP contribution in [0, 0.1) is 6.92 Å². The summed E-state index contributed by atoms with van der Waals surface area (Å²) in [4.78, 5) is 14.5. The summed E-state index contributed by atoms with van der Waals surface area (Å²) in [6.07, 6.45) is 0.584. The van der Waals surface area contributed by atoms with Crippen molar-refractivity contribution >= 4 is 17.9 Å². The molecule has 0 saturated heterocycles. The minimum Gasteiger partial charge on any atom is -0.439 e. The molecule has 0 N–H and O–H groups in total. The number of hydrogen-bond donors (Lipinski definition) is 0. The molecule has 0 aliphatic carbocycles. The molecule has 1 heterocycles. The number of hydrogen-bond acceptors (Lipinski definition) is 3. The number of aromatic nitrogens is 1. The van der Waals surface area contributed by atoms with Crippen LogP contribution in [0.4, 0.5) is 0 Å². The lowest BCUT2D eigenvalue weighted by molar-refractivity contribution is 0.109. The second-order valence-electron chi connectivity index (χ2n) is 3.09. The maximum Gasteiger partial charge on any atom is 0.260 e. The molecule has 0 bridgehead atoms. The van der Waals surface area contributed by atoms with E-state index in [0.29, 0.717) is 22.8 Å². The first-order chi connectivity index (χ1) is 7.20. The van der Waals surface area contributed by atoms with Gasteiger partial charge in [0.25, 0.3) is 5.89 Å². The zero-order valence-electron chi connectivity index (χ0n) is 8.03. The summed E-state index contributed by atoms with van der Waals surface area (Å²) < 4.78 is 5.14. The summed E-state index contributed by atoms with van der Waals surface area (Å²) in [6.45, 7) is 1.76. The molecule has 0 unspecified atom stereocenters. The van der Waals surface area contributed by atoms with E-state index in [1.54, 1.807) is 19.1 Å². The maximum atomic E-state index is 10.5.